The van der Waals surface area contributed by atoms with Crippen LogP contribution in [0.1, 0.15) is 61.3 Å². The number of ketones is 1. The van der Waals surface area contributed by atoms with E-state index in [-0.39, 0.29) is 29.1 Å². The molecule has 1 aliphatic rings. The normalized spacial score (nSPS) is 19.0. The van der Waals surface area contributed by atoms with Crippen LogP contribution in [-0.4, -0.2) is 70.9 Å². The van der Waals surface area contributed by atoms with Crippen LogP contribution in [0.5, 0.6) is 0 Å². The van der Waals surface area contributed by atoms with E-state index < -0.39 is 28.2 Å². The second kappa shape index (κ2) is 12.1. The Balaban J connectivity index is 0.000000739. The van der Waals surface area contributed by atoms with E-state index in [1.165, 1.54) is 0 Å². The molecular formula is C23H50NO5PSi2. The first kappa shape index (κ1) is 32.0. The lowest BCUT2D eigenvalue weighted by molar-refractivity contribution is -0.139. The zero-order valence-electron chi connectivity index (χ0n) is 22.5. The quantitative estimate of drug-likeness (QED) is 0.282. The van der Waals surface area contributed by atoms with Crippen molar-refractivity contribution in [3.8, 4) is 0 Å². The molecule has 6 nitrogen and oxygen atoms in total. The van der Waals surface area contributed by atoms with Gasteiger partial charge < -0.3 is 18.8 Å². The van der Waals surface area contributed by atoms with E-state index >= 15 is 0 Å². The number of carbonyl (C=O) groups is 2. The molecule has 2 unspecified atom stereocenters. The average molecular weight is 508 g/mol. The van der Waals surface area contributed by atoms with Crippen LogP contribution < -0.4 is 0 Å². The molecule has 0 spiro atoms. The Bertz CT molecular complexity index is 606. The van der Waals surface area contributed by atoms with Gasteiger partial charge in [-0.2, -0.15) is 0 Å². The smallest absolute Gasteiger partial charge is 0.192 e. The maximum Gasteiger partial charge on any atom is 0.192 e. The van der Waals surface area contributed by atoms with Crippen molar-refractivity contribution in [2.75, 3.05) is 26.3 Å². The number of hydrogen-bond acceptors (Lipinski definition) is 6. The average Bonchev–Trinajstić information content (AvgIpc) is 2.64. The summed E-state index contributed by atoms with van der Waals surface area (Å²) in [5.41, 5.74) is -0.630. The lowest BCUT2D eigenvalue weighted by Crippen LogP contribution is -2.52. The first-order valence-corrected chi connectivity index (χ1v) is 18.0. The van der Waals surface area contributed by atoms with Crippen molar-refractivity contribution in [3.05, 3.63) is 0 Å². The van der Waals surface area contributed by atoms with E-state index in [2.05, 4.69) is 81.8 Å². The lowest BCUT2D eigenvalue weighted by Gasteiger charge is -2.43. The van der Waals surface area contributed by atoms with Crippen molar-refractivity contribution < 1.29 is 23.5 Å². The molecule has 0 aliphatic carbocycles. The summed E-state index contributed by atoms with van der Waals surface area (Å²) in [6, 6.07) is 0. The fourth-order valence-corrected chi connectivity index (χ4v) is 5.15. The Morgan fingerprint density at radius 3 is 1.78 bits per heavy atom. The van der Waals surface area contributed by atoms with Gasteiger partial charge in [-0.1, -0.05) is 50.9 Å². The Morgan fingerprint density at radius 2 is 1.44 bits per heavy atom. The molecule has 0 aromatic heterocycles. The fraction of sp³-hybridized carbons (Fsp3) is 0.913. The highest BCUT2D eigenvalue weighted by molar-refractivity contribution is 7.13. The number of piperidine rings is 1. The van der Waals surface area contributed by atoms with Crippen molar-refractivity contribution >= 4 is 38.1 Å². The number of hydrogen-bond donors (Lipinski definition) is 1. The van der Waals surface area contributed by atoms with Gasteiger partial charge in [-0.05, 0) is 56.0 Å². The van der Waals surface area contributed by atoms with Gasteiger partial charge in [0, 0.05) is 13.1 Å². The lowest BCUT2D eigenvalue weighted by atomic mass is 9.71. The number of aliphatic hydroxyl groups is 1. The van der Waals surface area contributed by atoms with Gasteiger partial charge in [0.15, 0.2) is 16.6 Å². The minimum absolute atomic E-state index is 0.0898. The monoisotopic (exact) mass is 507 g/mol. The summed E-state index contributed by atoms with van der Waals surface area (Å²) in [6.45, 7) is 25.4. The topological polar surface area (TPSA) is 76.1 Å². The van der Waals surface area contributed by atoms with Crippen molar-refractivity contribution in [2.45, 2.75) is 104 Å². The van der Waals surface area contributed by atoms with Gasteiger partial charge in [-0.3, -0.25) is 9.46 Å². The van der Waals surface area contributed by atoms with Crippen LogP contribution in [0.2, 0.25) is 36.3 Å². The summed E-state index contributed by atoms with van der Waals surface area (Å²) in [5.74, 6) is 0.0898. The van der Waals surface area contributed by atoms with Crippen LogP contribution in [0.3, 0.4) is 0 Å². The molecule has 2 atom stereocenters. The molecule has 0 saturated carbocycles. The summed E-state index contributed by atoms with van der Waals surface area (Å²) >= 11 is 0. The van der Waals surface area contributed by atoms with Crippen LogP contribution in [0, 0.1) is 5.41 Å². The molecular weight excluding hydrogens is 457 g/mol. The van der Waals surface area contributed by atoms with Crippen molar-refractivity contribution in [1.82, 2.24) is 4.67 Å². The Morgan fingerprint density at radius 1 is 1.03 bits per heavy atom. The van der Waals surface area contributed by atoms with Crippen LogP contribution in [0.15, 0.2) is 0 Å². The third-order valence-electron chi connectivity index (χ3n) is 7.76. The second-order valence-electron chi connectivity index (χ2n) is 12.1. The predicted octanol–water partition coefficient (Wildman–Crippen LogP) is 5.04. The van der Waals surface area contributed by atoms with Gasteiger partial charge in [0.2, 0.25) is 0 Å². The summed E-state index contributed by atoms with van der Waals surface area (Å²) in [7, 11) is -0.878. The van der Waals surface area contributed by atoms with Gasteiger partial charge in [-0.15, -0.1) is 0 Å². The maximum atomic E-state index is 12.2. The number of aldehydes is 1. The third-order valence-corrected chi connectivity index (χ3v) is 17.3. The molecule has 0 bridgehead atoms. The van der Waals surface area contributed by atoms with Crippen LogP contribution in [0.25, 0.3) is 0 Å². The van der Waals surface area contributed by atoms with Crippen molar-refractivity contribution in [2.24, 2.45) is 5.41 Å². The van der Waals surface area contributed by atoms with E-state index in [1.807, 2.05) is 0 Å². The van der Waals surface area contributed by atoms with Gasteiger partial charge in [0.05, 0.1) is 24.7 Å². The second-order valence-corrected chi connectivity index (χ2v) is 22.4. The third kappa shape index (κ3) is 9.01. The van der Waals surface area contributed by atoms with Crippen LogP contribution in [0.4, 0.5) is 0 Å². The molecule has 0 aromatic rings. The number of rotatable bonds is 8. The van der Waals surface area contributed by atoms with Gasteiger partial charge in [-0.25, -0.2) is 0 Å². The molecule has 1 N–H and O–H groups in total. The Hall–Kier alpha value is 0.0438. The summed E-state index contributed by atoms with van der Waals surface area (Å²) in [6.07, 6.45) is 1.52. The molecule has 1 fully saturated rings. The van der Waals surface area contributed by atoms with E-state index in [4.69, 9.17) is 8.85 Å². The molecule has 0 radical (unpaired) electrons. The summed E-state index contributed by atoms with van der Waals surface area (Å²) in [4.78, 5) is 22.2. The molecule has 1 rings (SSSR count). The van der Waals surface area contributed by atoms with E-state index in [9.17, 15) is 14.7 Å². The minimum atomic E-state index is -1.90. The molecule has 1 heterocycles. The number of aliphatic hydroxyl groups excluding tert-OH is 1. The summed E-state index contributed by atoms with van der Waals surface area (Å²) < 4.78 is 13.8. The zero-order valence-corrected chi connectivity index (χ0v) is 25.7. The highest BCUT2D eigenvalue weighted by Crippen LogP contribution is 2.40. The Kier molecular flexibility index (Phi) is 12.2. The molecule has 1 saturated heterocycles. The van der Waals surface area contributed by atoms with Gasteiger partial charge in [0.1, 0.15) is 12.1 Å². The maximum absolute atomic E-state index is 12.2. The standard InChI is InChI=1S/C15H32NO3PSi.C8H18O2Si/c1-12(17)15(7-9-16(20)10-8-15)13(18)11-19-21(5,6)14(2,3)4;1-8(2,3)11(4,5)10-7-6-9/h13,18H,7-11,20H2,1-6H3;6H,7H2,1-5H3. The predicted molar refractivity (Wildman–Crippen MR) is 142 cm³/mol. The molecule has 190 valence electrons. The van der Waals surface area contributed by atoms with Crippen LogP contribution >= 0.6 is 9.39 Å². The fourth-order valence-electron chi connectivity index (χ4n) is 2.97. The largest absolute Gasteiger partial charge is 0.414 e. The van der Waals surface area contributed by atoms with Crippen LogP contribution in [-0.2, 0) is 18.4 Å². The number of nitrogens with zero attached hydrogens (tertiary/aromatic N) is 1. The molecule has 0 amide bonds. The number of Topliss-reactive ketones (excluding diaryl/α,β-unsaturated/α-hetero) is 1. The first-order chi connectivity index (χ1) is 14.2. The van der Waals surface area contributed by atoms with Crippen molar-refractivity contribution in [3.63, 3.8) is 0 Å². The zero-order chi connectivity index (χ0) is 25.6. The van der Waals surface area contributed by atoms with Crippen molar-refractivity contribution in [1.29, 1.82) is 0 Å². The summed E-state index contributed by atoms with van der Waals surface area (Å²) in [5, 5.41) is 11.0. The van der Waals surface area contributed by atoms with E-state index in [1.54, 1.807) is 6.92 Å². The Labute approximate surface area is 201 Å². The highest BCUT2D eigenvalue weighted by Gasteiger charge is 2.46. The van der Waals surface area contributed by atoms with Gasteiger partial charge >= 0.3 is 0 Å². The van der Waals surface area contributed by atoms with Gasteiger partial charge in [0.25, 0.3) is 0 Å². The molecule has 32 heavy (non-hydrogen) atoms. The van der Waals surface area contributed by atoms with E-state index in [0.717, 1.165) is 19.4 Å². The molecule has 0 aromatic carbocycles. The SMILES string of the molecule is CC(=O)C1(C(O)CO[Si](C)(C)C(C)(C)C)CCN(P)CC1.CC(C)(C)[Si](C)(C)OCC=O. The number of carbonyl (C=O) groups excluding carboxylic acids is 2. The minimum Gasteiger partial charge on any atom is -0.414 e. The first-order valence-electron chi connectivity index (χ1n) is 11.6. The molecule has 9 heteroatoms. The highest BCUT2D eigenvalue weighted by atomic mass is 31.0. The molecule has 1 aliphatic heterocycles. The van der Waals surface area contributed by atoms with E-state index in [0.29, 0.717) is 12.8 Å².